The molecule has 2 N–H and O–H groups in total. The van der Waals surface area contributed by atoms with Gasteiger partial charge in [0, 0.05) is 17.6 Å². The summed E-state index contributed by atoms with van der Waals surface area (Å²) in [5.41, 5.74) is -0.835. The molecule has 0 fully saturated rings. The largest absolute Gasteiger partial charge is 0.467 e. The Bertz CT molecular complexity index is 931. The van der Waals surface area contributed by atoms with Crippen LogP contribution < -0.4 is 10.6 Å². The van der Waals surface area contributed by atoms with Crippen molar-refractivity contribution in [3.8, 4) is 0 Å². The number of amides is 2. The van der Waals surface area contributed by atoms with Crippen LogP contribution >= 0.6 is 11.8 Å². The number of ether oxygens (including phenoxy) is 1. The highest BCUT2D eigenvalue weighted by atomic mass is 32.2. The van der Waals surface area contributed by atoms with Crippen LogP contribution in [0.2, 0.25) is 0 Å². The molecular formula is C17H15F3N4O4S. The Morgan fingerprint density at radius 2 is 2.17 bits per heavy atom. The molecule has 29 heavy (non-hydrogen) atoms. The summed E-state index contributed by atoms with van der Waals surface area (Å²) >= 11 is 0.837. The molecule has 2 aromatic heterocycles. The minimum atomic E-state index is -4.61. The second-order valence-electron chi connectivity index (χ2n) is 5.67. The van der Waals surface area contributed by atoms with Gasteiger partial charge in [-0.2, -0.15) is 13.2 Å². The topological polar surface area (TPSA) is 106 Å². The predicted octanol–water partition coefficient (Wildman–Crippen LogP) is 3.05. The third kappa shape index (κ3) is 4.88. The highest BCUT2D eigenvalue weighted by molar-refractivity contribution is 7.99. The first-order valence-corrected chi connectivity index (χ1v) is 9.32. The summed E-state index contributed by atoms with van der Waals surface area (Å²) in [6.07, 6.45) is -2.23. The maximum absolute atomic E-state index is 12.8. The first-order chi connectivity index (χ1) is 13.8. The monoisotopic (exact) mass is 428 g/mol. The van der Waals surface area contributed by atoms with E-state index in [2.05, 4.69) is 20.6 Å². The van der Waals surface area contributed by atoms with E-state index in [1.165, 1.54) is 6.26 Å². The third-order valence-corrected chi connectivity index (χ3v) is 4.63. The average Bonchev–Trinajstić information content (AvgIpc) is 3.20. The Labute approximate surface area is 166 Å². The van der Waals surface area contributed by atoms with Crippen molar-refractivity contribution < 1.29 is 31.9 Å². The van der Waals surface area contributed by atoms with E-state index in [-0.39, 0.29) is 28.8 Å². The molecule has 154 valence electrons. The maximum Gasteiger partial charge on any atom is 0.433 e. The normalized spacial score (nSPS) is 17.0. The number of esters is 1. The van der Waals surface area contributed by atoms with E-state index in [1.54, 1.807) is 19.1 Å². The van der Waals surface area contributed by atoms with Gasteiger partial charge >= 0.3 is 18.2 Å². The number of carbonyl (C=O) groups excluding carboxylic acids is 2. The Hall–Kier alpha value is -3.02. The minimum absolute atomic E-state index is 0.0694. The number of urea groups is 1. The van der Waals surface area contributed by atoms with Crippen LogP contribution in [-0.2, 0) is 15.7 Å². The Morgan fingerprint density at radius 1 is 1.38 bits per heavy atom. The summed E-state index contributed by atoms with van der Waals surface area (Å²) in [4.78, 5) is 31.8. The zero-order valence-electron chi connectivity index (χ0n) is 14.9. The standard InChI is InChI=1S/C17H15F3N4O4S/c1-2-27-14(25)12-9(22-15(26)24-13(12)10-4-3-7-28-10)8-29-16-21-6-5-11(23-16)17(18,19)20/h3-7,13H,2,8H2,1H3,(H2,22,24,26). The molecular weight excluding hydrogens is 413 g/mol. The smallest absolute Gasteiger partial charge is 0.433 e. The highest BCUT2D eigenvalue weighted by Crippen LogP contribution is 2.31. The fourth-order valence-corrected chi connectivity index (χ4v) is 3.35. The second kappa shape index (κ2) is 8.55. The summed E-state index contributed by atoms with van der Waals surface area (Å²) in [5.74, 6) is -0.456. The molecule has 0 aliphatic carbocycles. The van der Waals surface area contributed by atoms with Crippen LogP contribution in [0.25, 0.3) is 0 Å². The first kappa shape index (κ1) is 20.7. The SMILES string of the molecule is CCOC(=O)C1=C(CSc2nccc(C(F)(F)F)n2)NC(=O)NC1c1ccco1. The number of hydrogen-bond donors (Lipinski definition) is 2. The quantitative estimate of drug-likeness (QED) is 0.414. The van der Waals surface area contributed by atoms with Gasteiger partial charge in [-0.15, -0.1) is 0 Å². The van der Waals surface area contributed by atoms with Gasteiger partial charge in [-0.3, -0.25) is 0 Å². The number of nitrogens with one attached hydrogen (secondary N) is 2. The maximum atomic E-state index is 12.8. The lowest BCUT2D eigenvalue weighted by Crippen LogP contribution is -2.46. The molecule has 3 rings (SSSR count). The fraction of sp³-hybridized carbons (Fsp3) is 0.294. The van der Waals surface area contributed by atoms with E-state index in [9.17, 15) is 22.8 Å². The number of alkyl halides is 3. The van der Waals surface area contributed by atoms with Crippen LogP contribution in [0.5, 0.6) is 0 Å². The predicted molar refractivity (Wildman–Crippen MR) is 94.5 cm³/mol. The minimum Gasteiger partial charge on any atom is -0.467 e. The number of rotatable bonds is 6. The summed E-state index contributed by atoms with van der Waals surface area (Å²) in [6, 6.07) is 2.43. The Kier molecular flexibility index (Phi) is 6.11. The van der Waals surface area contributed by atoms with Crippen LogP contribution in [0.1, 0.15) is 24.4 Å². The van der Waals surface area contributed by atoms with Crippen molar-refractivity contribution in [2.75, 3.05) is 12.4 Å². The van der Waals surface area contributed by atoms with Gasteiger partial charge in [0.1, 0.15) is 17.5 Å². The number of halogens is 3. The molecule has 1 unspecified atom stereocenters. The molecule has 1 aliphatic rings. The van der Waals surface area contributed by atoms with Gasteiger partial charge < -0.3 is 19.8 Å². The second-order valence-corrected chi connectivity index (χ2v) is 6.61. The lowest BCUT2D eigenvalue weighted by Gasteiger charge is -2.27. The molecule has 0 radical (unpaired) electrons. The van der Waals surface area contributed by atoms with Crippen LogP contribution in [0.4, 0.5) is 18.0 Å². The molecule has 2 aromatic rings. The molecule has 8 nitrogen and oxygen atoms in total. The van der Waals surface area contributed by atoms with Crippen LogP contribution in [-0.4, -0.2) is 34.3 Å². The highest BCUT2D eigenvalue weighted by Gasteiger charge is 2.36. The van der Waals surface area contributed by atoms with E-state index in [0.29, 0.717) is 5.76 Å². The molecule has 12 heteroatoms. The van der Waals surface area contributed by atoms with E-state index in [0.717, 1.165) is 24.0 Å². The van der Waals surface area contributed by atoms with Gasteiger partial charge in [-0.1, -0.05) is 11.8 Å². The number of carbonyl (C=O) groups is 2. The van der Waals surface area contributed by atoms with Crippen molar-refractivity contribution >= 4 is 23.8 Å². The summed E-state index contributed by atoms with van der Waals surface area (Å²) in [6.45, 7) is 1.72. The van der Waals surface area contributed by atoms with Crippen LogP contribution in [0.15, 0.2) is 51.5 Å². The van der Waals surface area contributed by atoms with Gasteiger partial charge in [-0.05, 0) is 25.1 Å². The third-order valence-electron chi connectivity index (χ3n) is 3.75. The zero-order valence-corrected chi connectivity index (χ0v) is 15.8. The number of nitrogens with zero attached hydrogens (tertiary/aromatic N) is 2. The molecule has 2 amide bonds. The summed E-state index contributed by atoms with van der Waals surface area (Å²) in [7, 11) is 0. The Morgan fingerprint density at radius 3 is 2.83 bits per heavy atom. The van der Waals surface area contributed by atoms with Crippen molar-refractivity contribution in [1.29, 1.82) is 0 Å². The number of hydrogen-bond acceptors (Lipinski definition) is 7. The molecule has 0 spiro atoms. The average molecular weight is 428 g/mol. The van der Waals surface area contributed by atoms with E-state index >= 15 is 0 Å². The number of furan rings is 1. The Balaban J connectivity index is 1.91. The molecule has 0 bridgehead atoms. The summed E-state index contributed by atoms with van der Waals surface area (Å²) < 4.78 is 48.9. The van der Waals surface area contributed by atoms with Crippen LogP contribution in [0, 0.1) is 0 Å². The lowest BCUT2D eigenvalue weighted by atomic mass is 10.0. The lowest BCUT2D eigenvalue weighted by molar-refractivity contribution is -0.141. The van der Waals surface area contributed by atoms with E-state index in [4.69, 9.17) is 9.15 Å². The van der Waals surface area contributed by atoms with Crippen molar-refractivity contribution in [3.63, 3.8) is 0 Å². The van der Waals surface area contributed by atoms with Crippen LogP contribution in [0.3, 0.4) is 0 Å². The van der Waals surface area contributed by atoms with Gasteiger partial charge in [-0.25, -0.2) is 19.6 Å². The molecule has 3 heterocycles. The van der Waals surface area contributed by atoms with Crippen molar-refractivity contribution in [1.82, 2.24) is 20.6 Å². The molecule has 0 aromatic carbocycles. The van der Waals surface area contributed by atoms with Crippen molar-refractivity contribution in [2.45, 2.75) is 24.3 Å². The van der Waals surface area contributed by atoms with Gasteiger partial charge in [0.05, 0.1) is 18.4 Å². The zero-order chi connectivity index (χ0) is 21.0. The molecule has 0 saturated heterocycles. The van der Waals surface area contributed by atoms with E-state index in [1.807, 2.05) is 0 Å². The van der Waals surface area contributed by atoms with Crippen molar-refractivity contribution in [2.24, 2.45) is 0 Å². The molecule has 0 saturated carbocycles. The number of aromatic nitrogens is 2. The summed E-state index contributed by atoms with van der Waals surface area (Å²) in [5, 5.41) is 4.92. The van der Waals surface area contributed by atoms with Crippen molar-refractivity contribution in [3.05, 3.63) is 53.4 Å². The first-order valence-electron chi connectivity index (χ1n) is 8.33. The number of thioether (sulfide) groups is 1. The van der Waals surface area contributed by atoms with Gasteiger partial charge in [0.2, 0.25) is 0 Å². The van der Waals surface area contributed by atoms with Gasteiger partial charge in [0.25, 0.3) is 0 Å². The molecule has 1 atom stereocenters. The fourth-order valence-electron chi connectivity index (χ4n) is 2.56. The molecule has 1 aliphatic heterocycles. The van der Waals surface area contributed by atoms with E-state index < -0.39 is 29.9 Å². The van der Waals surface area contributed by atoms with Gasteiger partial charge in [0.15, 0.2) is 5.16 Å².